The number of aromatic nitrogens is 4. The number of rotatable bonds is 5. The molecule has 0 spiro atoms. The van der Waals surface area contributed by atoms with Gasteiger partial charge in [0.1, 0.15) is 11.5 Å². The van der Waals surface area contributed by atoms with Gasteiger partial charge in [-0.15, -0.1) is 0 Å². The summed E-state index contributed by atoms with van der Waals surface area (Å²) in [7, 11) is 0. The maximum atomic E-state index is 10.3. The Morgan fingerprint density at radius 1 is 1.29 bits per heavy atom. The molecule has 1 saturated heterocycles. The molecule has 126 valence electrons. The van der Waals surface area contributed by atoms with Gasteiger partial charge >= 0.3 is 0 Å². The Morgan fingerprint density at radius 2 is 2.21 bits per heavy atom. The van der Waals surface area contributed by atoms with Crippen molar-refractivity contribution in [1.29, 1.82) is 0 Å². The van der Waals surface area contributed by atoms with Crippen LogP contribution >= 0.6 is 0 Å². The minimum atomic E-state index is -0.330. The molecule has 1 aliphatic rings. The summed E-state index contributed by atoms with van der Waals surface area (Å²) in [4.78, 5) is 2.23. The third kappa shape index (κ3) is 3.13. The highest BCUT2D eigenvalue weighted by atomic mass is 16.3. The first kappa shape index (κ1) is 15.2. The van der Waals surface area contributed by atoms with Crippen molar-refractivity contribution >= 4 is 0 Å². The van der Waals surface area contributed by atoms with Crippen molar-refractivity contribution < 1.29 is 9.52 Å². The second-order valence-corrected chi connectivity index (χ2v) is 6.50. The Labute approximate surface area is 139 Å². The van der Waals surface area contributed by atoms with E-state index in [4.69, 9.17) is 4.42 Å². The molecular weight excluding hydrogens is 306 g/mol. The Hall–Kier alpha value is -2.38. The number of nitrogens with one attached hydrogen (secondary N) is 2. The number of nitrogens with zero attached hydrogens (tertiary/aromatic N) is 3. The molecule has 4 rings (SSSR count). The first-order chi connectivity index (χ1) is 11.7. The van der Waals surface area contributed by atoms with Crippen LogP contribution in [0.25, 0.3) is 11.5 Å². The molecule has 0 saturated carbocycles. The number of furan rings is 1. The van der Waals surface area contributed by atoms with Gasteiger partial charge in [-0.05, 0) is 37.6 Å². The average molecular weight is 327 g/mol. The van der Waals surface area contributed by atoms with Crippen molar-refractivity contribution in [3.05, 3.63) is 47.6 Å². The van der Waals surface area contributed by atoms with Crippen LogP contribution in [0.5, 0.6) is 0 Å². The molecule has 0 amide bonds. The molecule has 1 aliphatic heterocycles. The highest BCUT2D eigenvalue weighted by Crippen LogP contribution is 2.25. The van der Waals surface area contributed by atoms with E-state index in [-0.39, 0.29) is 12.0 Å². The van der Waals surface area contributed by atoms with Crippen molar-refractivity contribution in [1.82, 2.24) is 25.3 Å². The van der Waals surface area contributed by atoms with Crippen molar-refractivity contribution in [2.24, 2.45) is 5.92 Å². The fourth-order valence-electron chi connectivity index (χ4n) is 3.34. The predicted molar refractivity (Wildman–Crippen MR) is 88.1 cm³/mol. The van der Waals surface area contributed by atoms with Crippen LogP contribution in [0.4, 0.5) is 0 Å². The molecule has 24 heavy (non-hydrogen) atoms. The Bertz CT molecular complexity index is 792. The largest absolute Gasteiger partial charge is 0.458 e. The van der Waals surface area contributed by atoms with Crippen LogP contribution in [0.3, 0.4) is 0 Å². The van der Waals surface area contributed by atoms with E-state index >= 15 is 0 Å². The average Bonchev–Trinajstić information content (AvgIpc) is 3.29. The van der Waals surface area contributed by atoms with Crippen LogP contribution < -0.4 is 0 Å². The Kier molecular flexibility index (Phi) is 3.95. The van der Waals surface area contributed by atoms with Crippen molar-refractivity contribution in [2.75, 3.05) is 13.1 Å². The minimum absolute atomic E-state index is 0.203. The number of β-amino-alcohol motifs (C(OH)–C–C–N with tert-alkyl or cyclic N) is 1. The van der Waals surface area contributed by atoms with Gasteiger partial charge in [-0.2, -0.15) is 10.2 Å². The van der Waals surface area contributed by atoms with Crippen LogP contribution in [0.1, 0.15) is 17.1 Å². The lowest BCUT2D eigenvalue weighted by atomic mass is 10.0. The van der Waals surface area contributed by atoms with Crippen LogP contribution in [0, 0.1) is 12.8 Å². The molecule has 1 fully saturated rings. The first-order valence-corrected chi connectivity index (χ1v) is 8.17. The number of aryl methyl sites for hydroxylation is 1. The first-order valence-electron chi connectivity index (χ1n) is 8.17. The van der Waals surface area contributed by atoms with Gasteiger partial charge in [0.15, 0.2) is 5.76 Å². The van der Waals surface area contributed by atoms with Gasteiger partial charge in [-0.1, -0.05) is 0 Å². The minimum Gasteiger partial charge on any atom is -0.458 e. The summed E-state index contributed by atoms with van der Waals surface area (Å²) in [5.41, 5.74) is 2.93. The lowest BCUT2D eigenvalue weighted by Crippen LogP contribution is -2.21. The van der Waals surface area contributed by atoms with E-state index in [1.54, 1.807) is 6.20 Å². The summed E-state index contributed by atoms with van der Waals surface area (Å²) < 4.78 is 5.87. The second kappa shape index (κ2) is 6.26. The molecule has 0 radical (unpaired) electrons. The molecule has 0 aromatic carbocycles. The number of hydrogen-bond acceptors (Lipinski definition) is 5. The standard InChI is InChI=1S/C17H21N5O2/c1-11-6-13(20-19-11)7-12-8-22(10-16(12)23)9-14-2-3-17(24-14)15-4-5-18-21-15/h2-6,12,16,23H,7-10H2,1H3,(H,18,21)(H,19,20)/t12-,16+/m1/s1. The van der Waals surface area contributed by atoms with E-state index in [1.165, 1.54) is 0 Å². The van der Waals surface area contributed by atoms with Gasteiger partial charge in [0.05, 0.1) is 18.3 Å². The molecule has 0 unspecified atom stereocenters. The summed E-state index contributed by atoms with van der Waals surface area (Å²) in [5, 5.41) is 24.4. The van der Waals surface area contributed by atoms with E-state index < -0.39 is 0 Å². The smallest absolute Gasteiger partial charge is 0.152 e. The zero-order valence-corrected chi connectivity index (χ0v) is 13.6. The number of H-pyrrole nitrogens is 2. The van der Waals surface area contributed by atoms with Crippen molar-refractivity contribution in [3.8, 4) is 11.5 Å². The number of aliphatic hydroxyl groups is 1. The topological polar surface area (TPSA) is 94.0 Å². The molecule has 4 heterocycles. The van der Waals surface area contributed by atoms with Gasteiger partial charge in [-0.3, -0.25) is 15.1 Å². The van der Waals surface area contributed by atoms with Gasteiger partial charge in [0.25, 0.3) is 0 Å². The SMILES string of the molecule is Cc1cc(C[C@@H]2CN(Cc3ccc(-c4ccn[nH]4)o3)C[C@@H]2O)n[nH]1. The van der Waals surface area contributed by atoms with Gasteiger partial charge in [0.2, 0.25) is 0 Å². The third-order valence-corrected chi connectivity index (χ3v) is 4.52. The van der Waals surface area contributed by atoms with Crippen LogP contribution in [-0.4, -0.2) is 49.6 Å². The summed E-state index contributed by atoms with van der Waals surface area (Å²) in [6, 6.07) is 7.84. The summed E-state index contributed by atoms with van der Waals surface area (Å²) >= 11 is 0. The van der Waals surface area contributed by atoms with E-state index in [2.05, 4.69) is 25.3 Å². The van der Waals surface area contributed by atoms with Crippen molar-refractivity contribution in [2.45, 2.75) is 26.0 Å². The number of hydrogen-bond donors (Lipinski definition) is 3. The lowest BCUT2D eigenvalue weighted by molar-refractivity contribution is 0.140. The molecule has 3 aromatic heterocycles. The van der Waals surface area contributed by atoms with Crippen molar-refractivity contribution in [3.63, 3.8) is 0 Å². The molecular formula is C17H21N5O2. The summed E-state index contributed by atoms with van der Waals surface area (Å²) in [6.45, 7) is 4.19. The highest BCUT2D eigenvalue weighted by Gasteiger charge is 2.32. The molecule has 3 aromatic rings. The fraction of sp³-hybridized carbons (Fsp3) is 0.412. The van der Waals surface area contributed by atoms with Crippen LogP contribution in [0.15, 0.2) is 34.9 Å². The quantitative estimate of drug-likeness (QED) is 0.663. The van der Waals surface area contributed by atoms with Crippen LogP contribution in [-0.2, 0) is 13.0 Å². The molecule has 0 aliphatic carbocycles. The van der Waals surface area contributed by atoms with E-state index in [0.29, 0.717) is 13.1 Å². The van der Waals surface area contributed by atoms with E-state index in [9.17, 15) is 5.11 Å². The number of aliphatic hydroxyl groups excluding tert-OH is 1. The summed E-state index contributed by atoms with van der Waals surface area (Å²) in [5.74, 6) is 1.88. The monoisotopic (exact) mass is 327 g/mol. The van der Waals surface area contributed by atoms with E-state index in [0.717, 1.165) is 41.6 Å². The number of aromatic amines is 2. The molecule has 7 heteroatoms. The van der Waals surface area contributed by atoms with Gasteiger partial charge < -0.3 is 9.52 Å². The molecule has 2 atom stereocenters. The predicted octanol–water partition coefficient (Wildman–Crippen LogP) is 1.74. The Balaban J connectivity index is 1.37. The molecule has 3 N–H and O–H groups in total. The summed E-state index contributed by atoms with van der Waals surface area (Å²) in [6.07, 6.45) is 2.17. The van der Waals surface area contributed by atoms with Gasteiger partial charge in [-0.25, -0.2) is 0 Å². The Morgan fingerprint density at radius 3 is 2.96 bits per heavy atom. The molecule has 7 nitrogen and oxygen atoms in total. The van der Waals surface area contributed by atoms with Gasteiger partial charge in [0, 0.05) is 30.9 Å². The maximum Gasteiger partial charge on any atom is 0.152 e. The normalized spacial score (nSPS) is 21.6. The lowest BCUT2D eigenvalue weighted by Gasteiger charge is -2.13. The fourth-order valence-corrected chi connectivity index (χ4v) is 3.34. The maximum absolute atomic E-state index is 10.3. The molecule has 0 bridgehead atoms. The van der Waals surface area contributed by atoms with Crippen LogP contribution in [0.2, 0.25) is 0 Å². The van der Waals surface area contributed by atoms with E-state index in [1.807, 2.05) is 31.2 Å². The second-order valence-electron chi connectivity index (χ2n) is 6.50. The number of likely N-dealkylation sites (tertiary alicyclic amines) is 1. The highest BCUT2D eigenvalue weighted by molar-refractivity contribution is 5.51. The zero-order chi connectivity index (χ0) is 16.5. The third-order valence-electron chi connectivity index (χ3n) is 4.52. The zero-order valence-electron chi connectivity index (χ0n) is 13.6.